The lowest BCUT2D eigenvalue weighted by Crippen LogP contribution is -2.57. The van der Waals surface area contributed by atoms with E-state index in [2.05, 4.69) is 10.4 Å². The third kappa shape index (κ3) is 4.08. The first-order valence-electron chi connectivity index (χ1n) is 11.3. The Bertz CT molecular complexity index is 1230. The van der Waals surface area contributed by atoms with Crippen molar-refractivity contribution < 1.29 is 14.0 Å². The van der Waals surface area contributed by atoms with Crippen LogP contribution < -0.4 is 10.9 Å². The zero-order valence-corrected chi connectivity index (χ0v) is 18.3. The van der Waals surface area contributed by atoms with Gasteiger partial charge in [0.1, 0.15) is 12.2 Å². The summed E-state index contributed by atoms with van der Waals surface area (Å²) in [6.07, 6.45) is 6.38. The van der Waals surface area contributed by atoms with Crippen molar-refractivity contribution in [2.45, 2.75) is 50.7 Å². The Morgan fingerprint density at radius 1 is 1.03 bits per heavy atom. The molecule has 1 N–H and O–H groups in total. The molecule has 1 saturated carbocycles. The van der Waals surface area contributed by atoms with Gasteiger partial charge in [0.15, 0.2) is 5.76 Å². The molecule has 1 aromatic carbocycles. The first kappa shape index (κ1) is 21.2. The Balaban J connectivity index is 1.31. The molecule has 3 heterocycles. The third-order valence-corrected chi connectivity index (χ3v) is 6.73. The van der Waals surface area contributed by atoms with Gasteiger partial charge in [-0.1, -0.05) is 37.5 Å². The SMILES string of the molecule is O=C(Cn1nc(-c2ccco2)ccc1=O)NCC1(N2Cc3ccccc3C2=O)CCCCC1. The van der Waals surface area contributed by atoms with E-state index in [0.29, 0.717) is 24.5 Å². The summed E-state index contributed by atoms with van der Waals surface area (Å²) in [5.74, 6) is 0.249. The molecule has 1 aliphatic carbocycles. The van der Waals surface area contributed by atoms with Crippen LogP contribution in [0.5, 0.6) is 0 Å². The summed E-state index contributed by atoms with van der Waals surface area (Å²) >= 11 is 0. The molecule has 2 aliphatic rings. The lowest BCUT2D eigenvalue weighted by atomic mass is 9.80. The van der Waals surface area contributed by atoms with Crippen molar-refractivity contribution in [3.63, 3.8) is 0 Å². The van der Waals surface area contributed by atoms with Crippen molar-refractivity contribution in [1.29, 1.82) is 0 Å². The fourth-order valence-electron chi connectivity index (χ4n) is 4.96. The Labute approximate surface area is 191 Å². The minimum Gasteiger partial charge on any atom is -0.463 e. The number of amides is 2. The summed E-state index contributed by atoms with van der Waals surface area (Å²) in [5, 5.41) is 7.26. The van der Waals surface area contributed by atoms with Crippen LogP contribution in [-0.2, 0) is 17.9 Å². The van der Waals surface area contributed by atoms with Gasteiger partial charge in [-0.15, -0.1) is 0 Å². The molecule has 8 nitrogen and oxygen atoms in total. The molecule has 33 heavy (non-hydrogen) atoms. The number of nitrogens with zero attached hydrogens (tertiary/aromatic N) is 3. The van der Waals surface area contributed by atoms with Crippen molar-refractivity contribution in [1.82, 2.24) is 20.0 Å². The molecule has 0 bridgehead atoms. The molecule has 0 spiro atoms. The monoisotopic (exact) mass is 446 g/mol. The molecule has 0 atom stereocenters. The van der Waals surface area contributed by atoms with E-state index in [4.69, 9.17) is 4.42 Å². The summed E-state index contributed by atoms with van der Waals surface area (Å²) < 4.78 is 6.47. The van der Waals surface area contributed by atoms with E-state index in [-0.39, 0.29) is 23.9 Å². The van der Waals surface area contributed by atoms with Gasteiger partial charge in [0.25, 0.3) is 11.5 Å². The normalized spacial score (nSPS) is 17.1. The Morgan fingerprint density at radius 3 is 2.61 bits per heavy atom. The molecular formula is C25H26N4O4. The highest BCUT2D eigenvalue weighted by molar-refractivity contribution is 5.98. The topological polar surface area (TPSA) is 97.4 Å². The highest BCUT2D eigenvalue weighted by atomic mass is 16.3. The van der Waals surface area contributed by atoms with Crippen LogP contribution in [0, 0.1) is 0 Å². The molecular weight excluding hydrogens is 420 g/mol. The van der Waals surface area contributed by atoms with Crippen LogP contribution in [0.15, 0.2) is 64.0 Å². The van der Waals surface area contributed by atoms with E-state index in [0.717, 1.165) is 47.9 Å². The molecule has 5 rings (SSSR count). The highest BCUT2D eigenvalue weighted by Crippen LogP contribution is 2.38. The van der Waals surface area contributed by atoms with Crippen LogP contribution in [0.25, 0.3) is 11.5 Å². The first-order valence-corrected chi connectivity index (χ1v) is 11.3. The van der Waals surface area contributed by atoms with Gasteiger partial charge in [-0.05, 0) is 42.7 Å². The summed E-state index contributed by atoms with van der Waals surface area (Å²) in [7, 11) is 0. The van der Waals surface area contributed by atoms with E-state index < -0.39 is 5.54 Å². The number of aromatic nitrogens is 2. The Kier molecular flexibility index (Phi) is 5.58. The number of carbonyl (C=O) groups excluding carboxylic acids is 2. The standard InChI is InChI=1S/C25H26N4O4/c30-22(16-29-23(31)11-10-20(27-29)21-9-6-14-33-21)26-17-25(12-4-1-5-13-25)28-15-18-7-2-3-8-19(18)24(28)32/h2-3,6-11,14H,1,4-5,12-13,15-17H2,(H,26,30). The van der Waals surface area contributed by atoms with Gasteiger partial charge in [-0.25, -0.2) is 4.68 Å². The quantitative estimate of drug-likeness (QED) is 0.628. The largest absolute Gasteiger partial charge is 0.463 e. The summed E-state index contributed by atoms with van der Waals surface area (Å²) in [4.78, 5) is 40.2. The van der Waals surface area contributed by atoms with Gasteiger partial charge in [0.2, 0.25) is 5.91 Å². The van der Waals surface area contributed by atoms with E-state index in [9.17, 15) is 14.4 Å². The molecule has 2 amide bonds. The Morgan fingerprint density at radius 2 is 1.85 bits per heavy atom. The Hall–Kier alpha value is -3.68. The first-order chi connectivity index (χ1) is 16.1. The van der Waals surface area contributed by atoms with Crippen LogP contribution >= 0.6 is 0 Å². The average molecular weight is 447 g/mol. The summed E-state index contributed by atoms with van der Waals surface area (Å²) in [6, 6.07) is 14.1. The second kappa shape index (κ2) is 8.69. The zero-order chi connectivity index (χ0) is 22.8. The van der Waals surface area contributed by atoms with Crippen LogP contribution in [-0.4, -0.2) is 38.6 Å². The number of carbonyl (C=O) groups is 2. The number of rotatable bonds is 6. The number of nitrogens with one attached hydrogen (secondary N) is 1. The summed E-state index contributed by atoms with van der Waals surface area (Å²) in [6.45, 7) is 0.729. The maximum Gasteiger partial charge on any atom is 0.267 e. The van der Waals surface area contributed by atoms with Crippen molar-refractivity contribution >= 4 is 11.8 Å². The van der Waals surface area contributed by atoms with Crippen LogP contribution in [0.1, 0.15) is 48.0 Å². The molecule has 1 aliphatic heterocycles. The number of hydrogen-bond acceptors (Lipinski definition) is 5. The van der Waals surface area contributed by atoms with Gasteiger partial charge >= 0.3 is 0 Å². The van der Waals surface area contributed by atoms with Crippen molar-refractivity contribution in [3.05, 3.63) is 76.3 Å². The lowest BCUT2D eigenvalue weighted by molar-refractivity contribution is -0.122. The third-order valence-electron chi connectivity index (χ3n) is 6.73. The smallest absolute Gasteiger partial charge is 0.267 e. The van der Waals surface area contributed by atoms with Crippen LogP contribution in [0.4, 0.5) is 0 Å². The van der Waals surface area contributed by atoms with Gasteiger partial charge in [-0.2, -0.15) is 5.10 Å². The molecule has 0 saturated heterocycles. The van der Waals surface area contributed by atoms with E-state index in [1.165, 1.54) is 12.3 Å². The number of fused-ring (bicyclic) bond motifs is 1. The maximum absolute atomic E-state index is 13.2. The minimum absolute atomic E-state index is 0.0331. The predicted molar refractivity (Wildman–Crippen MR) is 121 cm³/mol. The summed E-state index contributed by atoms with van der Waals surface area (Å²) in [5.41, 5.74) is 1.48. The van der Waals surface area contributed by atoms with E-state index in [1.54, 1.807) is 18.2 Å². The fraction of sp³-hybridized carbons (Fsp3) is 0.360. The van der Waals surface area contributed by atoms with Gasteiger partial charge < -0.3 is 14.6 Å². The van der Waals surface area contributed by atoms with Crippen LogP contribution in [0.3, 0.4) is 0 Å². The molecule has 3 aromatic rings. The van der Waals surface area contributed by atoms with Gasteiger partial charge in [0, 0.05) is 24.7 Å². The zero-order valence-electron chi connectivity index (χ0n) is 18.3. The molecule has 0 unspecified atom stereocenters. The molecule has 1 fully saturated rings. The van der Waals surface area contributed by atoms with Crippen molar-refractivity contribution in [2.75, 3.05) is 6.54 Å². The van der Waals surface area contributed by atoms with Gasteiger partial charge in [-0.3, -0.25) is 14.4 Å². The number of hydrogen-bond donors (Lipinski definition) is 1. The fourth-order valence-corrected chi connectivity index (χ4v) is 4.96. The second-order valence-corrected chi connectivity index (χ2v) is 8.80. The van der Waals surface area contributed by atoms with Crippen molar-refractivity contribution in [3.8, 4) is 11.5 Å². The lowest BCUT2D eigenvalue weighted by Gasteiger charge is -2.44. The molecule has 0 radical (unpaired) electrons. The maximum atomic E-state index is 13.2. The van der Waals surface area contributed by atoms with E-state index in [1.807, 2.05) is 29.2 Å². The minimum atomic E-state index is -0.418. The molecule has 8 heteroatoms. The van der Waals surface area contributed by atoms with Gasteiger partial charge in [0.05, 0.1) is 11.8 Å². The van der Waals surface area contributed by atoms with E-state index >= 15 is 0 Å². The molecule has 170 valence electrons. The highest BCUT2D eigenvalue weighted by Gasteiger charge is 2.44. The molecule has 2 aromatic heterocycles. The van der Waals surface area contributed by atoms with Crippen molar-refractivity contribution in [2.24, 2.45) is 0 Å². The average Bonchev–Trinajstić information content (AvgIpc) is 3.49. The second-order valence-electron chi connectivity index (χ2n) is 8.80. The predicted octanol–water partition coefficient (Wildman–Crippen LogP) is 2.98. The number of furan rings is 1. The van der Waals surface area contributed by atoms with Crippen LogP contribution in [0.2, 0.25) is 0 Å². The number of benzene rings is 1.